The quantitative estimate of drug-likeness (QED) is 0.458. The Kier molecular flexibility index (Phi) is 5.96. The second-order valence-corrected chi connectivity index (χ2v) is 9.59. The van der Waals surface area contributed by atoms with Gasteiger partial charge in [-0.05, 0) is 51.1 Å². The van der Waals surface area contributed by atoms with E-state index in [0.29, 0.717) is 18.6 Å². The van der Waals surface area contributed by atoms with Crippen LogP contribution in [0.5, 0.6) is 0 Å². The Morgan fingerprint density at radius 2 is 1.97 bits per heavy atom. The van der Waals surface area contributed by atoms with Gasteiger partial charge < -0.3 is 19.8 Å². The van der Waals surface area contributed by atoms with Gasteiger partial charge in [0.15, 0.2) is 0 Å². The molecule has 1 atom stereocenters. The van der Waals surface area contributed by atoms with E-state index in [-0.39, 0.29) is 11.6 Å². The number of anilines is 1. The number of fused-ring (bicyclic) bond motifs is 2. The van der Waals surface area contributed by atoms with Gasteiger partial charge in [0.2, 0.25) is 5.95 Å². The van der Waals surface area contributed by atoms with Crippen LogP contribution in [-0.4, -0.2) is 38.2 Å². The van der Waals surface area contributed by atoms with E-state index in [0.717, 1.165) is 53.9 Å². The maximum absolute atomic E-state index is 13.8. The van der Waals surface area contributed by atoms with Gasteiger partial charge in [0.25, 0.3) is 5.56 Å². The van der Waals surface area contributed by atoms with Gasteiger partial charge in [0.1, 0.15) is 5.52 Å². The summed E-state index contributed by atoms with van der Waals surface area (Å²) in [4.78, 5) is 25.6. The molecule has 4 aromatic rings. The van der Waals surface area contributed by atoms with Crippen molar-refractivity contribution in [2.45, 2.75) is 52.7 Å². The van der Waals surface area contributed by atoms with Crippen molar-refractivity contribution < 1.29 is 0 Å². The summed E-state index contributed by atoms with van der Waals surface area (Å²) in [7, 11) is 0. The average Bonchev–Trinajstić information content (AvgIpc) is 3.20. The molecule has 0 saturated carbocycles. The Hall–Kier alpha value is -3.45. The number of benzene rings is 1. The molecule has 34 heavy (non-hydrogen) atoms. The zero-order valence-corrected chi connectivity index (χ0v) is 20.2. The lowest BCUT2D eigenvalue weighted by Crippen LogP contribution is -2.44. The Labute approximate surface area is 199 Å². The molecule has 1 aliphatic rings. The topological polar surface area (TPSA) is 82.0 Å². The standard InChI is InChI=1S/C27H32N6O/c1-18(2)19(3)15-33-25-23(30-27(33)32-13-6-8-21(28)16-32)11-14-31(26(25)34)17-24-22-9-5-4-7-20(22)10-12-29-24/h4-5,7,9-12,14,21H,6,8,13,15-17,28H2,1-3H3. The molecule has 4 heterocycles. The van der Waals surface area contributed by atoms with Crippen LogP contribution in [0.3, 0.4) is 0 Å². The Bertz CT molecular complexity index is 1440. The number of aromatic nitrogens is 4. The summed E-state index contributed by atoms with van der Waals surface area (Å²) in [5.74, 6) is 0.837. The van der Waals surface area contributed by atoms with Gasteiger partial charge in [-0.2, -0.15) is 0 Å². The molecule has 1 unspecified atom stereocenters. The molecule has 7 nitrogen and oxygen atoms in total. The van der Waals surface area contributed by atoms with Gasteiger partial charge in [-0.15, -0.1) is 0 Å². The first-order valence-corrected chi connectivity index (χ1v) is 12.0. The van der Waals surface area contributed by atoms with Crippen LogP contribution in [0.15, 0.2) is 64.7 Å². The fourth-order valence-electron chi connectivity index (χ4n) is 4.74. The molecule has 7 heteroatoms. The molecule has 1 saturated heterocycles. The molecule has 1 aromatic carbocycles. The van der Waals surface area contributed by atoms with Gasteiger partial charge in [-0.3, -0.25) is 9.78 Å². The van der Waals surface area contributed by atoms with E-state index < -0.39 is 0 Å². The predicted octanol–water partition coefficient (Wildman–Crippen LogP) is 4.08. The van der Waals surface area contributed by atoms with Crippen LogP contribution in [0.25, 0.3) is 21.8 Å². The molecule has 3 aromatic heterocycles. The second-order valence-electron chi connectivity index (χ2n) is 9.59. The first kappa shape index (κ1) is 22.3. The van der Waals surface area contributed by atoms with E-state index in [1.54, 1.807) is 10.8 Å². The van der Waals surface area contributed by atoms with Crippen molar-refractivity contribution in [2.75, 3.05) is 18.0 Å². The smallest absolute Gasteiger partial charge is 0.277 e. The van der Waals surface area contributed by atoms with Gasteiger partial charge in [-0.25, -0.2) is 4.98 Å². The summed E-state index contributed by atoms with van der Waals surface area (Å²) in [6.45, 7) is 9.03. The van der Waals surface area contributed by atoms with Gasteiger partial charge >= 0.3 is 0 Å². The molecular weight excluding hydrogens is 424 g/mol. The zero-order chi connectivity index (χ0) is 23.8. The number of allylic oxidation sites excluding steroid dienone is 2. The van der Waals surface area contributed by atoms with Crippen molar-refractivity contribution in [3.8, 4) is 0 Å². The summed E-state index contributed by atoms with van der Waals surface area (Å²) < 4.78 is 3.84. The van der Waals surface area contributed by atoms with E-state index in [1.165, 1.54) is 11.1 Å². The summed E-state index contributed by atoms with van der Waals surface area (Å²) in [6.07, 6.45) is 5.70. The predicted molar refractivity (Wildman–Crippen MR) is 138 cm³/mol. The molecular formula is C27H32N6O. The highest BCUT2D eigenvalue weighted by atomic mass is 16.1. The van der Waals surface area contributed by atoms with E-state index in [4.69, 9.17) is 10.7 Å². The van der Waals surface area contributed by atoms with Crippen molar-refractivity contribution in [1.29, 1.82) is 0 Å². The van der Waals surface area contributed by atoms with Crippen LogP contribution in [0.4, 0.5) is 5.95 Å². The van der Waals surface area contributed by atoms with Gasteiger partial charge in [-0.1, -0.05) is 35.4 Å². The summed E-state index contributed by atoms with van der Waals surface area (Å²) in [5.41, 5.74) is 11.0. The van der Waals surface area contributed by atoms with Crippen molar-refractivity contribution in [3.63, 3.8) is 0 Å². The molecule has 0 bridgehead atoms. The molecule has 1 aliphatic heterocycles. The third-order valence-electron chi connectivity index (χ3n) is 6.92. The van der Waals surface area contributed by atoms with Crippen molar-refractivity contribution in [3.05, 3.63) is 76.0 Å². The zero-order valence-electron chi connectivity index (χ0n) is 20.2. The average molecular weight is 457 g/mol. The lowest BCUT2D eigenvalue weighted by molar-refractivity contribution is 0.495. The first-order chi connectivity index (χ1) is 16.4. The van der Waals surface area contributed by atoms with Crippen LogP contribution in [0.1, 0.15) is 39.3 Å². The lowest BCUT2D eigenvalue weighted by atomic mass is 10.1. The number of nitrogens with zero attached hydrogens (tertiary/aromatic N) is 5. The number of hydrogen-bond acceptors (Lipinski definition) is 5. The summed E-state index contributed by atoms with van der Waals surface area (Å²) in [5, 5.41) is 2.18. The van der Waals surface area contributed by atoms with Crippen LogP contribution in [-0.2, 0) is 13.1 Å². The molecule has 1 fully saturated rings. The van der Waals surface area contributed by atoms with E-state index in [1.807, 2.05) is 30.5 Å². The molecule has 0 spiro atoms. The highest BCUT2D eigenvalue weighted by molar-refractivity contribution is 5.84. The third kappa shape index (κ3) is 4.12. The maximum Gasteiger partial charge on any atom is 0.277 e. The normalized spacial score (nSPS) is 16.4. The number of piperidine rings is 1. The number of pyridine rings is 2. The lowest BCUT2D eigenvalue weighted by Gasteiger charge is -2.32. The van der Waals surface area contributed by atoms with Crippen LogP contribution < -0.4 is 16.2 Å². The number of hydrogen-bond donors (Lipinski definition) is 1. The van der Waals surface area contributed by atoms with E-state index >= 15 is 0 Å². The molecule has 0 amide bonds. The fraction of sp³-hybridized carbons (Fsp3) is 0.370. The number of rotatable bonds is 5. The van der Waals surface area contributed by atoms with Crippen molar-refractivity contribution in [2.24, 2.45) is 5.73 Å². The first-order valence-electron chi connectivity index (χ1n) is 12.0. The molecule has 0 radical (unpaired) electrons. The minimum atomic E-state index is -0.0474. The Morgan fingerprint density at radius 1 is 1.15 bits per heavy atom. The highest BCUT2D eigenvalue weighted by Crippen LogP contribution is 2.25. The number of imidazole rings is 1. The fourth-order valence-corrected chi connectivity index (χ4v) is 4.74. The molecule has 0 aliphatic carbocycles. The van der Waals surface area contributed by atoms with Gasteiger partial charge in [0, 0.05) is 43.5 Å². The van der Waals surface area contributed by atoms with Gasteiger partial charge in [0.05, 0.1) is 17.8 Å². The summed E-state index contributed by atoms with van der Waals surface area (Å²) in [6, 6.07) is 12.2. The van der Waals surface area contributed by atoms with Crippen LogP contribution in [0.2, 0.25) is 0 Å². The van der Waals surface area contributed by atoms with Crippen molar-refractivity contribution in [1.82, 2.24) is 19.1 Å². The Morgan fingerprint density at radius 3 is 2.76 bits per heavy atom. The number of nitrogens with two attached hydrogens (primary N) is 1. The largest absolute Gasteiger partial charge is 0.341 e. The van der Waals surface area contributed by atoms with Crippen LogP contribution in [0, 0.1) is 0 Å². The Balaban J connectivity index is 1.64. The third-order valence-corrected chi connectivity index (χ3v) is 6.92. The molecule has 176 valence electrons. The minimum Gasteiger partial charge on any atom is -0.341 e. The molecule has 5 rings (SSSR count). The monoisotopic (exact) mass is 456 g/mol. The van der Waals surface area contributed by atoms with Crippen LogP contribution >= 0.6 is 0 Å². The molecule has 2 N–H and O–H groups in total. The van der Waals surface area contributed by atoms with Crippen molar-refractivity contribution >= 4 is 27.8 Å². The maximum atomic E-state index is 13.8. The highest BCUT2D eigenvalue weighted by Gasteiger charge is 2.24. The summed E-state index contributed by atoms with van der Waals surface area (Å²) >= 11 is 0. The SMILES string of the molecule is CC(C)=C(C)Cn1c(N2CCCC(N)C2)nc2ccn(Cc3nccc4ccccc34)c(=O)c21. The second kappa shape index (κ2) is 9.06. The van der Waals surface area contributed by atoms with E-state index in [2.05, 4.69) is 47.4 Å². The van der Waals surface area contributed by atoms with E-state index in [9.17, 15) is 4.79 Å². The minimum absolute atomic E-state index is 0.0474.